The highest BCUT2D eigenvalue weighted by Gasteiger charge is 2.27. The second kappa shape index (κ2) is 8.65. The number of carbonyl (C=O) groups is 1. The summed E-state index contributed by atoms with van der Waals surface area (Å²) in [6.07, 6.45) is 0.915. The minimum Gasteiger partial charge on any atom is -0.481 e. The molecule has 0 amide bonds. The summed E-state index contributed by atoms with van der Waals surface area (Å²) in [7, 11) is 0. The number of halogens is 1. The number of fused-ring (bicyclic) bond motifs is 2. The summed E-state index contributed by atoms with van der Waals surface area (Å²) in [5, 5.41) is 9.97. The van der Waals surface area contributed by atoms with Gasteiger partial charge in [0.05, 0.1) is 11.5 Å². The Hall–Kier alpha value is -2.53. The third-order valence-electron chi connectivity index (χ3n) is 5.04. The third-order valence-corrected chi connectivity index (χ3v) is 5.27. The van der Waals surface area contributed by atoms with Gasteiger partial charge in [-0.3, -0.25) is 4.79 Å². The Morgan fingerprint density at radius 2 is 1.96 bits per heavy atom. The lowest BCUT2D eigenvalue weighted by Gasteiger charge is -2.30. The maximum atomic E-state index is 11.4. The minimum absolute atomic E-state index is 0.0399. The molecule has 0 spiro atoms. The van der Waals surface area contributed by atoms with Crippen molar-refractivity contribution in [2.45, 2.75) is 27.2 Å². The second-order valence-corrected chi connectivity index (χ2v) is 7.63. The van der Waals surface area contributed by atoms with Gasteiger partial charge >= 0.3 is 5.97 Å². The lowest BCUT2D eigenvalue weighted by atomic mass is 9.95. The molecular weight excluding hydrogens is 376 g/mol. The number of hydrogen-bond acceptors (Lipinski definition) is 4. The first-order valence-electron chi connectivity index (χ1n) is 9.54. The average molecular weight is 401 g/mol. The predicted molar refractivity (Wildman–Crippen MR) is 112 cm³/mol. The van der Waals surface area contributed by atoms with Crippen LogP contribution in [-0.4, -0.2) is 34.9 Å². The van der Waals surface area contributed by atoms with E-state index in [1.165, 1.54) is 0 Å². The first-order valence-corrected chi connectivity index (χ1v) is 9.91. The fourth-order valence-corrected chi connectivity index (χ4v) is 3.41. The Bertz CT molecular complexity index is 897. The quantitative estimate of drug-likeness (QED) is 0.686. The van der Waals surface area contributed by atoms with Gasteiger partial charge in [0, 0.05) is 18.1 Å². The zero-order chi connectivity index (χ0) is 20.3. The van der Waals surface area contributed by atoms with Crippen molar-refractivity contribution in [3.63, 3.8) is 0 Å². The molecule has 1 heterocycles. The van der Waals surface area contributed by atoms with E-state index in [9.17, 15) is 9.90 Å². The lowest BCUT2D eigenvalue weighted by Crippen LogP contribution is -2.38. The van der Waals surface area contributed by atoms with Crippen molar-refractivity contribution >= 4 is 29.1 Å². The fourth-order valence-electron chi connectivity index (χ4n) is 3.24. The van der Waals surface area contributed by atoms with E-state index in [-0.39, 0.29) is 5.92 Å². The van der Waals surface area contributed by atoms with Crippen molar-refractivity contribution in [3.05, 3.63) is 53.1 Å². The number of para-hydroxylation sites is 1. The molecule has 2 aromatic carbocycles. The highest BCUT2D eigenvalue weighted by molar-refractivity contribution is 6.31. The molecule has 0 bridgehead atoms. The van der Waals surface area contributed by atoms with Crippen LogP contribution in [-0.2, 0) is 4.79 Å². The van der Waals surface area contributed by atoms with E-state index in [1.807, 2.05) is 37.3 Å². The van der Waals surface area contributed by atoms with Crippen LogP contribution in [0.15, 0.2) is 47.5 Å². The summed E-state index contributed by atoms with van der Waals surface area (Å²) in [4.78, 5) is 18.5. The normalized spacial score (nSPS) is 14.6. The summed E-state index contributed by atoms with van der Waals surface area (Å²) in [5.41, 5.74) is 1.55. The molecule has 6 heteroatoms. The van der Waals surface area contributed by atoms with Crippen molar-refractivity contribution in [2.24, 2.45) is 16.8 Å². The van der Waals surface area contributed by atoms with Crippen LogP contribution < -0.4 is 4.74 Å². The topological polar surface area (TPSA) is 62.1 Å². The molecule has 28 heavy (non-hydrogen) atoms. The minimum atomic E-state index is -0.785. The molecule has 0 saturated carbocycles. The van der Waals surface area contributed by atoms with Gasteiger partial charge in [-0.25, -0.2) is 4.99 Å². The van der Waals surface area contributed by atoms with E-state index in [0.29, 0.717) is 23.0 Å². The molecule has 148 valence electrons. The number of rotatable bonds is 6. The second-order valence-electron chi connectivity index (χ2n) is 7.20. The Morgan fingerprint density at radius 3 is 2.68 bits per heavy atom. The maximum absolute atomic E-state index is 11.4. The van der Waals surface area contributed by atoms with Crippen molar-refractivity contribution in [1.82, 2.24) is 4.90 Å². The van der Waals surface area contributed by atoms with E-state index >= 15 is 0 Å². The number of aliphatic carboxylic acids is 1. The van der Waals surface area contributed by atoms with E-state index in [0.717, 1.165) is 30.1 Å². The van der Waals surface area contributed by atoms with Gasteiger partial charge in [0.1, 0.15) is 17.3 Å². The summed E-state index contributed by atoms with van der Waals surface area (Å²) in [5.74, 6) is 0.883. The van der Waals surface area contributed by atoms with Gasteiger partial charge in [0.15, 0.2) is 5.75 Å². The standard InChI is InChI=1S/C22H25ClN2O3/c1-4-11-25(13-14(2)15(3)22(26)27)21-17-7-5-6-8-19(17)28-20-10-9-16(23)12-18(20)24-21/h5-10,12,14-15H,4,11,13H2,1-3H3,(H,26,27)/t14-,15-/m1/s1. The van der Waals surface area contributed by atoms with Crippen molar-refractivity contribution in [3.8, 4) is 11.5 Å². The molecule has 2 atom stereocenters. The summed E-state index contributed by atoms with van der Waals surface area (Å²) in [6, 6.07) is 13.2. The monoisotopic (exact) mass is 400 g/mol. The molecule has 0 fully saturated rings. The number of hydrogen-bond donors (Lipinski definition) is 1. The average Bonchev–Trinajstić information content (AvgIpc) is 2.83. The van der Waals surface area contributed by atoms with Gasteiger partial charge in [0.25, 0.3) is 0 Å². The molecule has 2 aromatic rings. The van der Waals surface area contributed by atoms with Crippen LogP contribution in [0.4, 0.5) is 5.69 Å². The molecule has 0 aromatic heterocycles. The Balaban J connectivity index is 2.07. The van der Waals surface area contributed by atoms with Gasteiger partial charge in [-0.15, -0.1) is 0 Å². The van der Waals surface area contributed by atoms with Gasteiger partial charge in [-0.05, 0) is 42.7 Å². The number of benzene rings is 2. The van der Waals surface area contributed by atoms with Crippen LogP contribution in [0.5, 0.6) is 11.5 Å². The molecule has 0 unspecified atom stereocenters. The Labute approximate surface area is 170 Å². The molecule has 0 radical (unpaired) electrons. The molecule has 1 aliphatic heterocycles. The fraction of sp³-hybridized carbons (Fsp3) is 0.364. The molecular formula is C22H25ClN2O3. The molecule has 1 N–H and O–H groups in total. The maximum Gasteiger partial charge on any atom is 0.306 e. The molecule has 0 aliphatic carbocycles. The SMILES string of the molecule is CCCN(C[C@@H](C)[C@@H](C)C(=O)O)C1=Nc2cc(Cl)ccc2Oc2ccccc21. The number of nitrogens with zero attached hydrogens (tertiary/aromatic N) is 2. The Kier molecular flexibility index (Phi) is 6.25. The Morgan fingerprint density at radius 1 is 1.21 bits per heavy atom. The summed E-state index contributed by atoms with van der Waals surface area (Å²) < 4.78 is 6.11. The van der Waals surface area contributed by atoms with Crippen molar-refractivity contribution < 1.29 is 14.6 Å². The first kappa shape index (κ1) is 20.2. The van der Waals surface area contributed by atoms with Crippen molar-refractivity contribution in [2.75, 3.05) is 13.1 Å². The van der Waals surface area contributed by atoms with Gasteiger partial charge < -0.3 is 14.7 Å². The third kappa shape index (κ3) is 4.30. The van der Waals surface area contributed by atoms with Crippen molar-refractivity contribution in [1.29, 1.82) is 0 Å². The lowest BCUT2D eigenvalue weighted by molar-refractivity contribution is -0.142. The zero-order valence-corrected chi connectivity index (χ0v) is 17.1. The summed E-state index contributed by atoms with van der Waals surface area (Å²) >= 11 is 6.19. The van der Waals surface area contributed by atoms with Gasteiger partial charge in [-0.2, -0.15) is 0 Å². The summed E-state index contributed by atoms with van der Waals surface area (Å²) in [6.45, 7) is 7.16. The van der Waals surface area contributed by atoms with E-state index in [1.54, 1.807) is 19.1 Å². The largest absolute Gasteiger partial charge is 0.481 e. The number of ether oxygens (including phenoxy) is 1. The highest BCUT2D eigenvalue weighted by Crippen LogP contribution is 2.39. The van der Waals surface area contributed by atoms with E-state index in [2.05, 4.69) is 11.8 Å². The smallest absolute Gasteiger partial charge is 0.306 e. The predicted octanol–water partition coefficient (Wildman–Crippen LogP) is 5.59. The van der Waals surface area contributed by atoms with Crippen LogP contribution >= 0.6 is 11.6 Å². The van der Waals surface area contributed by atoms with Crippen LogP contribution in [0.1, 0.15) is 32.8 Å². The highest BCUT2D eigenvalue weighted by atomic mass is 35.5. The van der Waals surface area contributed by atoms with Crippen LogP contribution in [0.3, 0.4) is 0 Å². The van der Waals surface area contributed by atoms with E-state index in [4.69, 9.17) is 21.3 Å². The van der Waals surface area contributed by atoms with Crippen LogP contribution in [0, 0.1) is 11.8 Å². The number of carboxylic acids is 1. The molecule has 5 nitrogen and oxygen atoms in total. The number of amidine groups is 1. The van der Waals surface area contributed by atoms with Gasteiger partial charge in [-0.1, -0.05) is 44.5 Å². The van der Waals surface area contributed by atoms with Crippen LogP contribution in [0.25, 0.3) is 0 Å². The van der Waals surface area contributed by atoms with Crippen LogP contribution in [0.2, 0.25) is 5.02 Å². The van der Waals surface area contributed by atoms with Gasteiger partial charge in [0.2, 0.25) is 0 Å². The number of aliphatic imine (C=N–C) groups is 1. The molecule has 3 rings (SSSR count). The number of carboxylic acid groups (broad SMARTS) is 1. The van der Waals surface area contributed by atoms with E-state index < -0.39 is 11.9 Å². The molecule has 1 aliphatic rings. The first-order chi connectivity index (χ1) is 13.4. The molecule has 0 saturated heterocycles. The zero-order valence-electron chi connectivity index (χ0n) is 16.4.